The third kappa shape index (κ3) is 4.09. The molecule has 110 valence electrons. The van der Waals surface area contributed by atoms with Gasteiger partial charge in [-0.3, -0.25) is 5.32 Å². The van der Waals surface area contributed by atoms with Crippen molar-refractivity contribution in [1.29, 1.82) is 0 Å². The molecule has 2 amide bonds. The van der Waals surface area contributed by atoms with Gasteiger partial charge in [0.15, 0.2) is 0 Å². The number of nitrogens with zero attached hydrogens (tertiary/aromatic N) is 1. The highest BCUT2D eigenvalue weighted by atomic mass is 19.4. The molecule has 0 aliphatic carbocycles. The number of hydrogen-bond acceptors (Lipinski definition) is 3. The summed E-state index contributed by atoms with van der Waals surface area (Å²) in [5.74, 6) is -0.135. The summed E-state index contributed by atoms with van der Waals surface area (Å²) in [6.45, 7) is 1.12. The molecular formula is C12H14F3N3O2. The van der Waals surface area contributed by atoms with Crippen LogP contribution in [0.25, 0.3) is 0 Å². The van der Waals surface area contributed by atoms with Crippen LogP contribution in [0.15, 0.2) is 18.2 Å². The molecule has 0 atom stereocenters. The average Bonchev–Trinajstić information content (AvgIpc) is 2.39. The van der Waals surface area contributed by atoms with E-state index < -0.39 is 17.9 Å². The van der Waals surface area contributed by atoms with E-state index in [-0.39, 0.29) is 11.9 Å². The van der Waals surface area contributed by atoms with Gasteiger partial charge in [0.05, 0.1) is 0 Å². The number of nitrogens with one attached hydrogen (secondary N) is 2. The molecule has 1 aliphatic rings. The Balaban J connectivity index is 1.93. The number of carbonyl (C=O) groups excluding carboxylic acids is 1. The number of carbonyl (C=O) groups is 1. The molecule has 8 heteroatoms. The number of alkyl halides is 3. The molecule has 1 aromatic rings. The molecule has 5 nitrogen and oxygen atoms in total. The quantitative estimate of drug-likeness (QED) is 0.878. The Kier molecular flexibility index (Phi) is 4.43. The first-order valence-corrected chi connectivity index (χ1v) is 6.14. The van der Waals surface area contributed by atoms with Crippen LogP contribution in [0.5, 0.6) is 0 Å². The minimum atomic E-state index is -4.53. The van der Waals surface area contributed by atoms with Gasteiger partial charge in [-0.05, 0) is 25.0 Å². The minimum absolute atomic E-state index is 0.0328. The summed E-state index contributed by atoms with van der Waals surface area (Å²) in [4.78, 5) is 15.0. The lowest BCUT2D eigenvalue weighted by Crippen LogP contribution is -2.41. The zero-order valence-electron chi connectivity index (χ0n) is 10.5. The highest BCUT2D eigenvalue weighted by molar-refractivity contribution is 5.88. The standard InChI is InChI=1S/C12H14F3N3O2/c13-12(14,15)9-2-1-3-10(17-9)18-11(19)16-8-4-6-20-7-5-8/h1-3,8H,4-7H2,(H2,16,17,18,19). The van der Waals surface area contributed by atoms with Crippen molar-refractivity contribution in [2.75, 3.05) is 18.5 Å². The number of urea groups is 1. The van der Waals surface area contributed by atoms with Crippen molar-refractivity contribution < 1.29 is 22.7 Å². The molecule has 0 radical (unpaired) electrons. The highest BCUT2D eigenvalue weighted by Gasteiger charge is 2.32. The van der Waals surface area contributed by atoms with Crippen molar-refractivity contribution in [3.05, 3.63) is 23.9 Å². The van der Waals surface area contributed by atoms with Gasteiger partial charge in [0.2, 0.25) is 0 Å². The molecule has 1 fully saturated rings. The first-order valence-electron chi connectivity index (χ1n) is 6.14. The van der Waals surface area contributed by atoms with E-state index >= 15 is 0 Å². The SMILES string of the molecule is O=C(Nc1cccc(C(F)(F)F)n1)NC1CCOCC1. The fourth-order valence-corrected chi connectivity index (χ4v) is 1.84. The number of pyridine rings is 1. The second kappa shape index (κ2) is 6.08. The van der Waals surface area contributed by atoms with Crippen LogP contribution >= 0.6 is 0 Å². The summed E-state index contributed by atoms with van der Waals surface area (Å²) in [5.41, 5.74) is -1.04. The predicted molar refractivity (Wildman–Crippen MR) is 65.2 cm³/mol. The lowest BCUT2D eigenvalue weighted by Gasteiger charge is -2.23. The van der Waals surface area contributed by atoms with Crippen molar-refractivity contribution in [1.82, 2.24) is 10.3 Å². The monoisotopic (exact) mass is 289 g/mol. The summed E-state index contributed by atoms with van der Waals surface area (Å²) in [6.07, 6.45) is -3.16. The summed E-state index contributed by atoms with van der Waals surface area (Å²) < 4.78 is 42.6. The van der Waals surface area contributed by atoms with Crippen LogP contribution < -0.4 is 10.6 Å². The number of aromatic nitrogens is 1. The Morgan fingerprint density at radius 2 is 2.00 bits per heavy atom. The molecule has 2 N–H and O–H groups in total. The highest BCUT2D eigenvalue weighted by Crippen LogP contribution is 2.28. The molecule has 0 unspecified atom stereocenters. The fourth-order valence-electron chi connectivity index (χ4n) is 1.84. The Labute approximate surface area is 113 Å². The maximum atomic E-state index is 12.5. The van der Waals surface area contributed by atoms with Crippen LogP contribution in [0.4, 0.5) is 23.8 Å². The molecule has 2 heterocycles. The molecule has 0 saturated carbocycles. The average molecular weight is 289 g/mol. The summed E-state index contributed by atoms with van der Waals surface area (Å²) >= 11 is 0. The molecule has 0 spiro atoms. The van der Waals surface area contributed by atoms with E-state index in [0.29, 0.717) is 26.1 Å². The van der Waals surface area contributed by atoms with Crippen LogP contribution in [0, 0.1) is 0 Å². The zero-order chi connectivity index (χ0) is 14.6. The lowest BCUT2D eigenvalue weighted by atomic mass is 10.1. The predicted octanol–water partition coefficient (Wildman–Crippen LogP) is 2.40. The Bertz CT molecular complexity index is 473. The van der Waals surface area contributed by atoms with Crippen molar-refractivity contribution >= 4 is 11.8 Å². The zero-order valence-corrected chi connectivity index (χ0v) is 10.5. The first kappa shape index (κ1) is 14.6. The molecule has 1 aliphatic heterocycles. The smallest absolute Gasteiger partial charge is 0.381 e. The van der Waals surface area contributed by atoms with E-state index in [0.717, 1.165) is 6.07 Å². The van der Waals surface area contributed by atoms with Crippen LogP contribution in [-0.2, 0) is 10.9 Å². The van der Waals surface area contributed by atoms with E-state index in [1.807, 2.05) is 0 Å². The topological polar surface area (TPSA) is 63.2 Å². The molecule has 1 aromatic heterocycles. The van der Waals surface area contributed by atoms with Crippen molar-refractivity contribution in [2.45, 2.75) is 25.1 Å². The molecule has 20 heavy (non-hydrogen) atoms. The Hall–Kier alpha value is -1.83. The minimum Gasteiger partial charge on any atom is -0.381 e. The summed E-state index contributed by atoms with van der Waals surface area (Å²) in [7, 11) is 0. The van der Waals surface area contributed by atoms with Crippen LogP contribution in [0.1, 0.15) is 18.5 Å². The van der Waals surface area contributed by atoms with Crippen molar-refractivity contribution in [2.24, 2.45) is 0 Å². The van der Waals surface area contributed by atoms with Gasteiger partial charge in [-0.1, -0.05) is 6.07 Å². The molecule has 0 aromatic carbocycles. The van der Waals surface area contributed by atoms with Gasteiger partial charge in [0.25, 0.3) is 0 Å². The van der Waals surface area contributed by atoms with Crippen molar-refractivity contribution in [3.63, 3.8) is 0 Å². The second-order valence-electron chi connectivity index (χ2n) is 4.39. The summed E-state index contributed by atoms with van der Waals surface area (Å²) in [6, 6.07) is 2.75. The first-order chi connectivity index (χ1) is 9.45. The van der Waals surface area contributed by atoms with Crippen LogP contribution in [-0.4, -0.2) is 30.3 Å². The van der Waals surface area contributed by atoms with Gasteiger partial charge in [0.1, 0.15) is 11.5 Å². The molecule has 0 bridgehead atoms. The van der Waals surface area contributed by atoms with Gasteiger partial charge in [-0.2, -0.15) is 13.2 Å². The van der Waals surface area contributed by atoms with Crippen LogP contribution in [0.3, 0.4) is 0 Å². The maximum absolute atomic E-state index is 12.5. The second-order valence-corrected chi connectivity index (χ2v) is 4.39. The largest absolute Gasteiger partial charge is 0.433 e. The summed E-state index contributed by atoms with van der Waals surface area (Å²) in [5, 5.41) is 4.97. The third-order valence-corrected chi connectivity index (χ3v) is 2.84. The number of ether oxygens (including phenoxy) is 1. The Morgan fingerprint density at radius 3 is 2.65 bits per heavy atom. The van der Waals surface area contributed by atoms with Gasteiger partial charge in [0, 0.05) is 19.3 Å². The van der Waals surface area contributed by atoms with E-state index in [2.05, 4.69) is 15.6 Å². The van der Waals surface area contributed by atoms with Gasteiger partial charge < -0.3 is 10.1 Å². The maximum Gasteiger partial charge on any atom is 0.433 e. The number of rotatable bonds is 2. The van der Waals surface area contributed by atoms with E-state index in [9.17, 15) is 18.0 Å². The van der Waals surface area contributed by atoms with E-state index in [1.54, 1.807) is 0 Å². The fraction of sp³-hybridized carbons (Fsp3) is 0.500. The number of anilines is 1. The molecule has 1 saturated heterocycles. The number of hydrogen-bond donors (Lipinski definition) is 2. The number of halogens is 3. The molecular weight excluding hydrogens is 275 g/mol. The molecule has 2 rings (SSSR count). The van der Waals surface area contributed by atoms with Gasteiger partial charge >= 0.3 is 12.2 Å². The Morgan fingerprint density at radius 1 is 1.30 bits per heavy atom. The van der Waals surface area contributed by atoms with E-state index in [1.165, 1.54) is 12.1 Å². The number of amides is 2. The lowest BCUT2D eigenvalue weighted by molar-refractivity contribution is -0.141. The van der Waals surface area contributed by atoms with E-state index in [4.69, 9.17) is 4.74 Å². The third-order valence-electron chi connectivity index (χ3n) is 2.84. The van der Waals surface area contributed by atoms with Crippen LogP contribution in [0.2, 0.25) is 0 Å². The van der Waals surface area contributed by atoms with Crippen molar-refractivity contribution in [3.8, 4) is 0 Å². The van der Waals surface area contributed by atoms with Gasteiger partial charge in [-0.25, -0.2) is 9.78 Å². The van der Waals surface area contributed by atoms with Gasteiger partial charge in [-0.15, -0.1) is 0 Å². The normalized spacial score (nSPS) is 16.8.